The lowest BCUT2D eigenvalue weighted by Crippen LogP contribution is -2.26. The van der Waals surface area contributed by atoms with Gasteiger partial charge in [0.15, 0.2) is 5.03 Å². The summed E-state index contributed by atoms with van der Waals surface area (Å²) < 4.78 is 28.2. The number of hydrogen-bond donors (Lipinski definition) is 2. The fraction of sp³-hybridized carbons (Fsp3) is 0.308. The minimum atomic E-state index is -3.56. The third kappa shape index (κ3) is 3.58. The molecule has 0 saturated heterocycles. The van der Waals surface area contributed by atoms with Crippen molar-refractivity contribution >= 4 is 10.0 Å². The summed E-state index contributed by atoms with van der Waals surface area (Å²) in [5.41, 5.74) is 0.949. The molecule has 6 nitrogen and oxygen atoms in total. The monoisotopic (exact) mass is 295 g/mol. The van der Waals surface area contributed by atoms with Gasteiger partial charge in [-0.25, -0.2) is 18.1 Å². The second kappa shape index (κ2) is 6.06. The number of aromatic nitrogens is 2. The number of aromatic hydroxyl groups is 1. The van der Waals surface area contributed by atoms with Gasteiger partial charge in [-0.2, -0.15) is 0 Å². The molecule has 0 unspecified atom stereocenters. The van der Waals surface area contributed by atoms with Crippen LogP contribution in [0.1, 0.15) is 12.5 Å². The molecule has 0 amide bonds. The van der Waals surface area contributed by atoms with Crippen LogP contribution in [-0.4, -0.2) is 29.6 Å². The molecule has 2 rings (SSSR count). The van der Waals surface area contributed by atoms with Crippen LogP contribution in [0, 0.1) is 0 Å². The highest BCUT2D eigenvalue weighted by atomic mass is 32.2. The van der Waals surface area contributed by atoms with E-state index in [1.165, 1.54) is 12.5 Å². The number of nitrogens with one attached hydrogen (secondary N) is 1. The van der Waals surface area contributed by atoms with Crippen molar-refractivity contribution in [1.82, 2.24) is 14.3 Å². The Morgan fingerprint density at radius 2 is 2.00 bits per heavy atom. The highest BCUT2D eigenvalue weighted by molar-refractivity contribution is 7.89. The first-order chi connectivity index (χ1) is 9.51. The minimum Gasteiger partial charge on any atom is -0.508 e. The minimum absolute atomic E-state index is 0.0325. The van der Waals surface area contributed by atoms with Crippen molar-refractivity contribution in [2.75, 3.05) is 6.54 Å². The number of phenols is 1. The second-order valence-corrected chi connectivity index (χ2v) is 6.07. The average molecular weight is 295 g/mol. The van der Waals surface area contributed by atoms with Gasteiger partial charge in [0.25, 0.3) is 10.0 Å². The van der Waals surface area contributed by atoms with Crippen LogP contribution in [0.4, 0.5) is 0 Å². The number of rotatable bonds is 6. The molecule has 1 heterocycles. The summed E-state index contributed by atoms with van der Waals surface area (Å²) in [5, 5.41) is 9.20. The van der Waals surface area contributed by atoms with Gasteiger partial charge >= 0.3 is 0 Å². The molecule has 1 aromatic heterocycles. The number of imidazole rings is 1. The van der Waals surface area contributed by atoms with Crippen LogP contribution in [0.3, 0.4) is 0 Å². The Bertz CT molecular complexity index is 662. The first-order valence-corrected chi connectivity index (χ1v) is 7.79. The van der Waals surface area contributed by atoms with E-state index in [4.69, 9.17) is 5.11 Å². The molecule has 0 bridgehead atoms. The van der Waals surface area contributed by atoms with Crippen LogP contribution in [0.2, 0.25) is 0 Å². The van der Waals surface area contributed by atoms with Crippen molar-refractivity contribution in [3.8, 4) is 5.75 Å². The Hall–Kier alpha value is -1.86. The average Bonchev–Trinajstić information content (AvgIpc) is 2.90. The largest absolute Gasteiger partial charge is 0.508 e. The lowest BCUT2D eigenvalue weighted by molar-refractivity contribution is 0.475. The zero-order chi connectivity index (χ0) is 14.6. The highest BCUT2D eigenvalue weighted by Gasteiger charge is 2.16. The summed E-state index contributed by atoms with van der Waals surface area (Å²) in [7, 11) is -3.56. The first kappa shape index (κ1) is 14.5. The van der Waals surface area contributed by atoms with Crippen LogP contribution in [0.5, 0.6) is 5.75 Å². The van der Waals surface area contributed by atoms with E-state index in [-0.39, 0.29) is 17.3 Å². The number of aryl methyl sites for hydroxylation is 1. The van der Waals surface area contributed by atoms with E-state index in [9.17, 15) is 8.42 Å². The van der Waals surface area contributed by atoms with E-state index >= 15 is 0 Å². The Morgan fingerprint density at radius 3 is 2.60 bits per heavy atom. The van der Waals surface area contributed by atoms with Gasteiger partial charge in [-0.05, 0) is 31.0 Å². The van der Waals surface area contributed by atoms with E-state index < -0.39 is 10.0 Å². The summed E-state index contributed by atoms with van der Waals surface area (Å²) in [6.07, 6.45) is 3.55. The lowest BCUT2D eigenvalue weighted by atomic mass is 10.1. The summed E-state index contributed by atoms with van der Waals surface area (Å²) in [6, 6.07) is 6.67. The zero-order valence-electron chi connectivity index (χ0n) is 11.2. The lowest BCUT2D eigenvalue weighted by Gasteiger charge is -2.04. The molecule has 0 fully saturated rings. The molecule has 0 aliphatic heterocycles. The molecule has 0 saturated carbocycles. The molecule has 1 aromatic carbocycles. The topological polar surface area (TPSA) is 84.2 Å². The maximum Gasteiger partial charge on any atom is 0.259 e. The van der Waals surface area contributed by atoms with Crippen LogP contribution in [0.15, 0.2) is 41.8 Å². The standard InChI is InChI=1S/C13H17N3O3S/c1-2-16-9-13(14-10-16)20(18,19)15-8-7-11-3-5-12(17)6-4-11/h3-6,9-10,15,17H,2,7-8H2,1H3. The number of hydrogen-bond acceptors (Lipinski definition) is 4. The first-order valence-electron chi connectivity index (χ1n) is 6.30. The Morgan fingerprint density at radius 1 is 1.30 bits per heavy atom. The van der Waals surface area contributed by atoms with Crippen molar-refractivity contribution in [1.29, 1.82) is 0 Å². The predicted molar refractivity (Wildman–Crippen MR) is 74.9 cm³/mol. The molecular weight excluding hydrogens is 278 g/mol. The van der Waals surface area contributed by atoms with Crippen LogP contribution < -0.4 is 4.72 Å². The van der Waals surface area contributed by atoms with E-state index in [2.05, 4.69) is 9.71 Å². The van der Waals surface area contributed by atoms with Gasteiger partial charge in [0.1, 0.15) is 5.75 Å². The maximum atomic E-state index is 12.0. The Labute approximate surface area is 118 Å². The number of benzene rings is 1. The summed E-state index contributed by atoms with van der Waals surface area (Å²) >= 11 is 0. The smallest absolute Gasteiger partial charge is 0.259 e. The van der Waals surface area contributed by atoms with E-state index in [1.54, 1.807) is 28.8 Å². The molecule has 0 aliphatic carbocycles. The molecule has 2 N–H and O–H groups in total. The van der Waals surface area contributed by atoms with Gasteiger partial charge < -0.3 is 9.67 Å². The highest BCUT2D eigenvalue weighted by Crippen LogP contribution is 2.10. The van der Waals surface area contributed by atoms with Gasteiger partial charge in [0.2, 0.25) is 0 Å². The predicted octanol–water partition coefficient (Wildman–Crippen LogP) is 1.13. The van der Waals surface area contributed by atoms with Gasteiger partial charge in [-0.3, -0.25) is 0 Å². The fourth-order valence-corrected chi connectivity index (χ4v) is 2.70. The van der Waals surface area contributed by atoms with Gasteiger partial charge in [0.05, 0.1) is 6.33 Å². The summed E-state index contributed by atoms with van der Waals surface area (Å²) in [4.78, 5) is 3.88. The molecule has 0 radical (unpaired) electrons. The SMILES string of the molecule is CCn1cnc(S(=O)(=O)NCCc2ccc(O)cc2)c1. The van der Waals surface area contributed by atoms with Crippen LogP contribution in [0.25, 0.3) is 0 Å². The van der Waals surface area contributed by atoms with Crippen molar-refractivity contribution < 1.29 is 13.5 Å². The van der Waals surface area contributed by atoms with E-state index in [0.717, 1.165) is 5.56 Å². The van der Waals surface area contributed by atoms with Gasteiger partial charge in [-0.15, -0.1) is 0 Å². The molecule has 108 valence electrons. The van der Waals surface area contributed by atoms with Gasteiger partial charge in [0, 0.05) is 19.3 Å². The number of phenolic OH excluding ortho intramolecular Hbond substituents is 1. The molecule has 7 heteroatoms. The summed E-state index contributed by atoms with van der Waals surface area (Å²) in [6.45, 7) is 2.87. The molecular formula is C13H17N3O3S. The second-order valence-electron chi connectivity index (χ2n) is 4.36. The quantitative estimate of drug-likeness (QED) is 0.836. The van der Waals surface area contributed by atoms with Gasteiger partial charge in [-0.1, -0.05) is 12.1 Å². The Balaban J connectivity index is 1.94. The fourth-order valence-electron chi connectivity index (χ4n) is 1.72. The number of sulfonamides is 1. The van der Waals surface area contributed by atoms with E-state index in [1.807, 2.05) is 6.92 Å². The van der Waals surface area contributed by atoms with Crippen LogP contribution >= 0.6 is 0 Å². The van der Waals surface area contributed by atoms with Crippen molar-refractivity contribution in [3.63, 3.8) is 0 Å². The van der Waals surface area contributed by atoms with Crippen molar-refractivity contribution in [2.45, 2.75) is 24.9 Å². The Kier molecular flexibility index (Phi) is 4.41. The molecule has 0 aliphatic rings. The molecule has 0 atom stereocenters. The normalized spacial score (nSPS) is 11.7. The van der Waals surface area contributed by atoms with Crippen molar-refractivity contribution in [2.24, 2.45) is 0 Å². The van der Waals surface area contributed by atoms with Crippen LogP contribution in [-0.2, 0) is 23.0 Å². The zero-order valence-corrected chi connectivity index (χ0v) is 12.0. The number of nitrogens with zero attached hydrogens (tertiary/aromatic N) is 2. The maximum absolute atomic E-state index is 12.0. The van der Waals surface area contributed by atoms with E-state index in [0.29, 0.717) is 13.0 Å². The van der Waals surface area contributed by atoms with Crippen molar-refractivity contribution in [3.05, 3.63) is 42.4 Å². The third-order valence-electron chi connectivity index (χ3n) is 2.89. The molecule has 0 spiro atoms. The molecule has 20 heavy (non-hydrogen) atoms. The third-order valence-corrected chi connectivity index (χ3v) is 4.24. The summed E-state index contributed by atoms with van der Waals surface area (Å²) in [5.74, 6) is 0.194. The molecule has 2 aromatic rings.